The highest BCUT2D eigenvalue weighted by Gasteiger charge is 2.42. The zero-order chi connectivity index (χ0) is 19.2. The number of nitrogens with zero attached hydrogens (tertiary/aromatic N) is 3. The summed E-state index contributed by atoms with van der Waals surface area (Å²) in [6, 6.07) is 7.39. The van der Waals surface area contributed by atoms with Gasteiger partial charge in [-0.25, -0.2) is 4.98 Å². The van der Waals surface area contributed by atoms with Crippen molar-refractivity contribution >= 4 is 11.8 Å². The van der Waals surface area contributed by atoms with Crippen LogP contribution in [0.2, 0.25) is 0 Å². The number of aromatic nitrogens is 2. The van der Waals surface area contributed by atoms with E-state index in [2.05, 4.69) is 16.8 Å². The number of rotatable bonds is 2. The predicted octanol–water partition coefficient (Wildman–Crippen LogP) is 0.540. The molecule has 1 fully saturated rings. The molecule has 1 aromatic carbocycles. The predicted molar refractivity (Wildman–Crippen MR) is 98.6 cm³/mol. The molecule has 1 atom stereocenters. The molecule has 2 aliphatic rings. The molecule has 7 nitrogen and oxygen atoms in total. The third-order valence-corrected chi connectivity index (χ3v) is 5.15. The molecule has 0 spiro atoms. The summed E-state index contributed by atoms with van der Waals surface area (Å²) in [7, 11) is 1.65. The number of likely N-dealkylation sites (tertiary alicyclic amines) is 1. The van der Waals surface area contributed by atoms with Crippen LogP contribution in [0.15, 0.2) is 24.3 Å². The molecule has 0 radical (unpaired) electrons. The van der Waals surface area contributed by atoms with Crippen LogP contribution < -0.4 is 5.73 Å². The van der Waals surface area contributed by atoms with Crippen LogP contribution in [0.1, 0.15) is 34.6 Å². The molecule has 2 aliphatic heterocycles. The Kier molecular flexibility index (Phi) is 4.01. The maximum Gasteiger partial charge on any atom is 0.269 e. The minimum Gasteiger partial charge on any atom is -0.369 e. The highest BCUT2D eigenvalue weighted by Crippen LogP contribution is 2.28. The fourth-order valence-electron chi connectivity index (χ4n) is 3.68. The molecule has 1 aromatic heterocycles. The highest BCUT2D eigenvalue weighted by molar-refractivity contribution is 5.93. The zero-order valence-corrected chi connectivity index (χ0v) is 15.0. The summed E-state index contributed by atoms with van der Waals surface area (Å²) < 4.78 is 2.02. The molecule has 3 N–H and O–H groups in total. The molecule has 7 heteroatoms. The molecule has 0 aliphatic carbocycles. The highest BCUT2D eigenvalue weighted by atomic mass is 16.3. The molecule has 3 heterocycles. The van der Waals surface area contributed by atoms with E-state index in [1.807, 2.05) is 28.8 Å². The maximum absolute atomic E-state index is 12.0. The van der Waals surface area contributed by atoms with Gasteiger partial charge < -0.3 is 20.3 Å². The minimum absolute atomic E-state index is 0.296. The van der Waals surface area contributed by atoms with Gasteiger partial charge in [0.1, 0.15) is 11.5 Å². The van der Waals surface area contributed by atoms with Gasteiger partial charge in [0.25, 0.3) is 11.8 Å². The molecule has 138 valence electrons. The Bertz CT molecular complexity index is 1010. The van der Waals surface area contributed by atoms with Crippen LogP contribution in [0, 0.1) is 11.8 Å². The number of benzene rings is 1. The van der Waals surface area contributed by atoms with Crippen molar-refractivity contribution in [3.63, 3.8) is 0 Å². The number of nitrogens with two attached hydrogens (primary N) is 1. The van der Waals surface area contributed by atoms with E-state index in [0.29, 0.717) is 30.0 Å². The Morgan fingerprint density at radius 1 is 1.37 bits per heavy atom. The molecular formula is C20H20N4O3. The van der Waals surface area contributed by atoms with E-state index in [4.69, 9.17) is 5.73 Å². The number of aliphatic hydroxyl groups is 1. The Hall–Kier alpha value is -3.11. The van der Waals surface area contributed by atoms with Crippen molar-refractivity contribution in [3.8, 4) is 23.2 Å². The largest absolute Gasteiger partial charge is 0.369 e. The van der Waals surface area contributed by atoms with Gasteiger partial charge >= 0.3 is 0 Å². The molecule has 27 heavy (non-hydrogen) atoms. The second-order valence-corrected chi connectivity index (χ2v) is 7.02. The van der Waals surface area contributed by atoms with Crippen molar-refractivity contribution in [2.75, 3.05) is 13.6 Å². The normalized spacial score (nSPS) is 21.1. The van der Waals surface area contributed by atoms with E-state index in [1.54, 1.807) is 7.05 Å². The van der Waals surface area contributed by atoms with Gasteiger partial charge in [0.05, 0.1) is 5.69 Å². The molecule has 0 unspecified atom stereocenters. The number of imidazole rings is 1. The second kappa shape index (κ2) is 6.25. The van der Waals surface area contributed by atoms with E-state index in [1.165, 1.54) is 4.90 Å². The van der Waals surface area contributed by atoms with Crippen LogP contribution in [0.4, 0.5) is 0 Å². The summed E-state index contributed by atoms with van der Waals surface area (Å²) >= 11 is 0. The van der Waals surface area contributed by atoms with Gasteiger partial charge in [0, 0.05) is 37.7 Å². The summed E-state index contributed by atoms with van der Waals surface area (Å²) in [5.74, 6) is 5.43. The van der Waals surface area contributed by atoms with Gasteiger partial charge in [-0.3, -0.25) is 9.59 Å². The van der Waals surface area contributed by atoms with Crippen molar-refractivity contribution in [2.45, 2.75) is 31.4 Å². The summed E-state index contributed by atoms with van der Waals surface area (Å²) in [5, 5.41) is 10.4. The molecule has 2 aromatic rings. The fraction of sp³-hybridized carbons (Fsp3) is 0.350. The summed E-state index contributed by atoms with van der Waals surface area (Å²) in [6.45, 7) is 1.28. The summed E-state index contributed by atoms with van der Waals surface area (Å²) in [4.78, 5) is 29.6. The van der Waals surface area contributed by atoms with Crippen LogP contribution in [0.5, 0.6) is 0 Å². The number of primary amides is 1. The monoisotopic (exact) mass is 364 g/mol. The van der Waals surface area contributed by atoms with Crippen molar-refractivity contribution in [3.05, 3.63) is 41.2 Å². The number of carbonyl (C=O) groups excluding carboxylic acids is 2. The zero-order valence-electron chi connectivity index (χ0n) is 15.0. The lowest BCUT2D eigenvalue weighted by Gasteiger charge is -2.13. The number of hydrogen-bond donors (Lipinski definition) is 2. The third kappa shape index (κ3) is 2.88. The fourth-order valence-corrected chi connectivity index (χ4v) is 3.68. The van der Waals surface area contributed by atoms with Crippen molar-refractivity contribution in [1.29, 1.82) is 0 Å². The van der Waals surface area contributed by atoms with Crippen LogP contribution in [0.25, 0.3) is 11.4 Å². The molecule has 4 rings (SSSR count). The van der Waals surface area contributed by atoms with Crippen molar-refractivity contribution < 1.29 is 14.7 Å². The summed E-state index contributed by atoms with van der Waals surface area (Å²) in [5.41, 5.74) is 6.53. The Morgan fingerprint density at radius 3 is 2.89 bits per heavy atom. The number of fused-ring (bicyclic) bond motifs is 1. The third-order valence-electron chi connectivity index (χ3n) is 5.15. The number of likely N-dealkylation sites (N-methyl/N-ethyl adjacent to an activating group) is 1. The van der Waals surface area contributed by atoms with Gasteiger partial charge in [0.15, 0.2) is 0 Å². The second-order valence-electron chi connectivity index (χ2n) is 7.02. The first-order chi connectivity index (χ1) is 12.9. The van der Waals surface area contributed by atoms with E-state index >= 15 is 0 Å². The van der Waals surface area contributed by atoms with E-state index in [0.717, 1.165) is 30.6 Å². The summed E-state index contributed by atoms with van der Waals surface area (Å²) in [6.07, 6.45) is 2.03. The Labute approximate surface area is 156 Å². The van der Waals surface area contributed by atoms with Crippen LogP contribution in [-0.2, 0) is 17.8 Å². The molecule has 1 saturated heterocycles. The minimum atomic E-state index is -1.63. The van der Waals surface area contributed by atoms with Gasteiger partial charge in [-0.05, 0) is 25.0 Å². The van der Waals surface area contributed by atoms with Gasteiger partial charge in [-0.1, -0.05) is 24.0 Å². The van der Waals surface area contributed by atoms with Crippen LogP contribution in [-0.4, -0.2) is 50.6 Å². The van der Waals surface area contributed by atoms with Crippen LogP contribution >= 0.6 is 0 Å². The lowest BCUT2D eigenvalue weighted by atomic mass is 10.0. The van der Waals surface area contributed by atoms with Gasteiger partial charge in [-0.15, -0.1) is 0 Å². The first kappa shape index (κ1) is 17.3. The lowest BCUT2D eigenvalue weighted by molar-refractivity contribution is -0.137. The quantitative estimate of drug-likeness (QED) is 0.760. The average Bonchev–Trinajstić information content (AvgIpc) is 3.32. The lowest BCUT2D eigenvalue weighted by Crippen LogP contribution is -2.37. The Balaban J connectivity index is 1.70. The molecule has 2 amide bonds. The van der Waals surface area contributed by atoms with Gasteiger partial charge in [-0.2, -0.15) is 0 Å². The smallest absolute Gasteiger partial charge is 0.269 e. The van der Waals surface area contributed by atoms with Crippen molar-refractivity contribution in [2.24, 2.45) is 5.73 Å². The Morgan fingerprint density at radius 2 is 2.19 bits per heavy atom. The number of amides is 2. The van der Waals surface area contributed by atoms with Crippen molar-refractivity contribution in [1.82, 2.24) is 14.5 Å². The number of carbonyl (C=O) groups is 2. The standard InChI is InChI=1S/C20H20N4O3/c1-23-11-9-20(27,19(23)26)8-7-13-4-2-5-14(12-13)18-22-16(17(21)25)15-6-3-10-24(15)18/h2,4-5,12,27H,3,6,9-11H2,1H3,(H2,21,25)/t20-/m0/s1. The number of hydrogen-bond acceptors (Lipinski definition) is 4. The first-order valence-electron chi connectivity index (χ1n) is 8.90. The van der Waals surface area contributed by atoms with E-state index < -0.39 is 11.5 Å². The van der Waals surface area contributed by atoms with Gasteiger partial charge in [0.2, 0.25) is 5.60 Å². The van der Waals surface area contributed by atoms with Crippen LogP contribution in [0.3, 0.4) is 0 Å². The topological polar surface area (TPSA) is 101 Å². The molecule has 0 saturated carbocycles. The molecular weight excluding hydrogens is 344 g/mol. The SMILES string of the molecule is CN1CC[C@@](O)(C#Cc2cccc(-c3nc(C(N)=O)c4n3CCC4)c2)C1=O. The maximum atomic E-state index is 12.0. The first-order valence-corrected chi connectivity index (χ1v) is 8.90. The molecule has 0 bridgehead atoms. The van der Waals surface area contributed by atoms with E-state index in [9.17, 15) is 14.7 Å². The average molecular weight is 364 g/mol. The van der Waals surface area contributed by atoms with E-state index in [-0.39, 0.29) is 5.91 Å².